The van der Waals surface area contributed by atoms with Crippen molar-refractivity contribution in [3.8, 4) is 0 Å². The van der Waals surface area contributed by atoms with Gasteiger partial charge in [-0.15, -0.1) is 0 Å². The minimum absolute atomic E-state index is 0.582. The summed E-state index contributed by atoms with van der Waals surface area (Å²) < 4.78 is 5.26. The SMILES string of the molecule is Clc1cnccc1C1=NCCO1. The maximum atomic E-state index is 5.88. The molecule has 1 aliphatic rings. The van der Waals surface area contributed by atoms with E-state index in [2.05, 4.69) is 9.98 Å². The molecular formula is C8H7ClN2O. The van der Waals surface area contributed by atoms with Crippen molar-refractivity contribution >= 4 is 17.5 Å². The van der Waals surface area contributed by atoms with Gasteiger partial charge in [-0.3, -0.25) is 4.98 Å². The Kier molecular flexibility index (Phi) is 1.96. The van der Waals surface area contributed by atoms with Gasteiger partial charge in [-0.2, -0.15) is 0 Å². The van der Waals surface area contributed by atoms with Crippen molar-refractivity contribution < 1.29 is 4.74 Å². The lowest BCUT2D eigenvalue weighted by Crippen LogP contribution is -2.01. The Morgan fingerprint density at radius 2 is 2.42 bits per heavy atom. The van der Waals surface area contributed by atoms with Gasteiger partial charge >= 0.3 is 0 Å². The Bertz CT molecular complexity index is 325. The molecule has 0 aromatic carbocycles. The summed E-state index contributed by atoms with van der Waals surface area (Å²) in [5, 5.41) is 0.582. The van der Waals surface area contributed by atoms with E-state index in [0.29, 0.717) is 24.1 Å². The predicted octanol–water partition coefficient (Wildman–Crippen LogP) is 1.51. The number of hydrogen-bond acceptors (Lipinski definition) is 3. The number of pyridine rings is 1. The van der Waals surface area contributed by atoms with Gasteiger partial charge in [0.1, 0.15) is 6.61 Å². The van der Waals surface area contributed by atoms with Gasteiger partial charge in [0.05, 0.1) is 17.1 Å². The van der Waals surface area contributed by atoms with Gasteiger partial charge < -0.3 is 4.74 Å². The molecule has 0 radical (unpaired) electrons. The smallest absolute Gasteiger partial charge is 0.217 e. The summed E-state index contributed by atoms with van der Waals surface area (Å²) in [6.45, 7) is 1.36. The Morgan fingerprint density at radius 3 is 3.08 bits per heavy atom. The molecule has 0 saturated carbocycles. The van der Waals surface area contributed by atoms with E-state index in [-0.39, 0.29) is 0 Å². The number of hydrogen-bond donors (Lipinski definition) is 0. The van der Waals surface area contributed by atoms with Crippen LogP contribution in [0, 0.1) is 0 Å². The first-order valence-corrected chi connectivity index (χ1v) is 4.03. The van der Waals surface area contributed by atoms with Crippen molar-refractivity contribution in [2.24, 2.45) is 4.99 Å². The molecular weight excluding hydrogens is 176 g/mol. The standard InChI is InChI=1S/C8H7ClN2O/c9-7-5-10-2-1-6(7)8-11-3-4-12-8/h1-2,5H,3-4H2. The molecule has 1 aliphatic heterocycles. The van der Waals surface area contributed by atoms with Crippen LogP contribution in [0.3, 0.4) is 0 Å². The molecule has 2 heterocycles. The van der Waals surface area contributed by atoms with Crippen LogP contribution in [0.5, 0.6) is 0 Å². The molecule has 0 amide bonds. The van der Waals surface area contributed by atoms with Crippen molar-refractivity contribution in [3.05, 3.63) is 29.0 Å². The molecule has 0 bridgehead atoms. The van der Waals surface area contributed by atoms with Crippen molar-refractivity contribution in [1.29, 1.82) is 0 Å². The molecule has 1 aromatic heterocycles. The largest absolute Gasteiger partial charge is 0.475 e. The maximum absolute atomic E-state index is 5.88. The van der Waals surface area contributed by atoms with Gasteiger partial charge in [-0.05, 0) is 6.07 Å². The van der Waals surface area contributed by atoms with E-state index in [4.69, 9.17) is 16.3 Å². The van der Waals surface area contributed by atoms with E-state index in [1.54, 1.807) is 18.5 Å². The van der Waals surface area contributed by atoms with Gasteiger partial charge in [0.25, 0.3) is 0 Å². The minimum Gasteiger partial charge on any atom is -0.475 e. The molecule has 2 rings (SSSR count). The molecule has 12 heavy (non-hydrogen) atoms. The Balaban J connectivity index is 2.39. The van der Waals surface area contributed by atoms with E-state index in [1.165, 1.54) is 0 Å². The van der Waals surface area contributed by atoms with Crippen LogP contribution in [0.15, 0.2) is 23.5 Å². The van der Waals surface area contributed by atoms with Crippen molar-refractivity contribution in [3.63, 3.8) is 0 Å². The van der Waals surface area contributed by atoms with Crippen molar-refractivity contribution in [2.45, 2.75) is 0 Å². The summed E-state index contributed by atoms with van der Waals surface area (Å²) >= 11 is 5.88. The molecule has 0 unspecified atom stereocenters. The maximum Gasteiger partial charge on any atom is 0.217 e. The van der Waals surface area contributed by atoms with Crippen LogP contribution < -0.4 is 0 Å². The average molecular weight is 183 g/mol. The lowest BCUT2D eigenvalue weighted by molar-refractivity contribution is 0.348. The second kappa shape index (κ2) is 3.11. The van der Waals surface area contributed by atoms with Crippen LogP contribution >= 0.6 is 11.6 Å². The second-order valence-corrected chi connectivity index (χ2v) is 2.80. The number of aromatic nitrogens is 1. The lowest BCUT2D eigenvalue weighted by atomic mass is 10.3. The summed E-state index contributed by atoms with van der Waals surface area (Å²) in [4.78, 5) is 8.02. The Morgan fingerprint density at radius 1 is 1.50 bits per heavy atom. The van der Waals surface area contributed by atoms with Crippen LogP contribution in [-0.2, 0) is 4.74 Å². The van der Waals surface area contributed by atoms with Gasteiger partial charge in [-0.1, -0.05) is 11.6 Å². The fraction of sp³-hybridized carbons (Fsp3) is 0.250. The highest BCUT2D eigenvalue weighted by molar-refractivity contribution is 6.33. The normalized spacial score (nSPS) is 15.6. The third kappa shape index (κ3) is 1.28. The highest BCUT2D eigenvalue weighted by Crippen LogP contribution is 2.16. The van der Waals surface area contributed by atoms with Crippen LogP contribution in [0.25, 0.3) is 0 Å². The third-order valence-corrected chi connectivity index (χ3v) is 1.89. The van der Waals surface area contributed by atoms with Crippen LogP contribution in [0.2, 0.25) is 5.02 Å². The summed E-state index contributed by atoms with van der Waals surface area (Å²) in [6, 6.07) is 1.80. The zero-order valence-corrected chi connectivity index (χ0v) is 7.08. The summed E-state index contributed by atoms with van der Waals surface area (Å²) in [5.41, 5.74) is 0.823. The molecule has 4 heteroatoms. The molecule has 0 spiro atoms. The van der Waals surface area contributed by atoms with Gasteiger partial charge in [0.15, 0.2) is 0 Å². The number of ether oxygens (including phenoxy) is 1. The first-order valence-electron chi connectivity index (χ1n) is 3.65. The zero-order chi connectivity index (χ0) is 8.39. The quantitative estimate of drug-likeness (QED) is 0.660. The fourth-order valence-corrected chi connectivity index (χ4v) is 1.25. The van der Waals surface area contributed by atoms with Crippen LogP contribution in [0.1, 0.15) is 5.56 Å². The summed E-state index contributed by atoms with van der Waals surface area (Å²) in [7, 11) is 0. The van der Waals surface area contributed by atoms with Crippen LogP contribution in [0.4, 0.5) is 0 Å². The lowest BCUT2D eigenvalue weighted by Gasteiger charge is -2.01. The highest BCUT2D eigenvalue weighted by atomic mass is 35.5. The predicted molar refractivity (Wildman–Crippen MR) is 46.6 cm³/mol. The van der Waals surface area contributed by atoms with Crippen molar-refractivity contribution in [2.75, 3.05) is 13.2 Å². The monoisotopic (exact) mass is 182 g/mol. The van der Waals surface area contributed by atoms with Gasteiger partial charge in [0, 0.05) is 12.4 Å². The molecule has 0 saturated heterocycles. The second-order valence-electron chi connectivity index (χ2n) is 2.39. The molecule has 62 valence electrons. The number of aliphatic imine (C=N–C) groups is 1. The van der Waals surface area contributed by atoms with Gasteiger partial charge in [0.2, 0.25) is 5.90 Å². The molecule has 3 nitrogen and oxygen atoms in total. The van der Waals surface area contributed by atoms with Crippen molar-refractivity contribution in [1.82, 2.24) is 4.98 Å². The molecule has 0 N–H and O–H groups in total. The minimum atomic E-state index is 0.582. The third-order valence-electron chi connectivity index (χ3n) is 1.59. The zero-order valence-electron chi connectivity index (χ0n) is 6.33. The van der Waals surface area contributed by atoms with Gasteiger partial charge in [-0.25, -0.2) is 4.99 Å². The van der Waals surface area contributed by atoms with E-state index < -0.39 is 0 Å². The topological polar surface area (TPSA) is 34.5 Å². The number of nitrogens with zero attached hydrogens (tertiary/aromatic N) is 2. The summed E-state index contributed by atoms with van der Waals surface area (Å²) in [6.07, 6.45) is 3.26. The van der Waals surface area contributed by atoms with E-state index >= 15 is 0 Å². The molecule has 0 atom stereocenters. The van der Waals surface area contributed by atoms with E-state index in [1.807, 2.05) is 0 Å². The molecule has 0 fully saturated rings. The number of rotatable bonds is 1. The molecule has 1 aromatic rings. The Hall–Kier alpha value is -1.09. The Labute approximate surface area is 75.1 Å². The van der Waals surface area contributed by atoms with E-state index in [0.717, 1.165) is 5.56 Å². The fourth-order valence-electron chi connectivity index (χ4n) is 1.05. The first-order chi connectivity index (χ1) is 5.88. The first kappa shape index (κ1) is 7.55. The average Bonchev–Trinajstić information content (AvgIpc) is 2.57. The number of halogens is 1. The van der Waals surface area contributed by atoms with E-state index in [9.17, 15) is 0 Å². The summed E-state index contributed by atoms with van der Waals surface area (Å²) in [5.74, 6) is 0.627. The van der Waals surface area contributed by atoms with Crippen LogP contribution in [-0.4, -0.2) is 24.0 Å². The molecule has 0 aliphatic carbocycles. The highest BCUT2D eigenvalue weighted by Gasteiger charge is 2.12.